The van der Waals surface area contributed by atoms with E-state index < -0.39 is 0 Å². The molecule has 0 spiro atoms. The van der Waals surface area contributed by atoms with E-state index in [9.17, 15) is 9.59 Å². The number of nitriles is 1. The van der Waals surface area contributed by atoms with Crippen molar-refractivity contribution in [3.05, 3.63) is 72.3 Å². The lowest BCUT2D eigenvalue weighted by Gasteiger charge is -2.08. The molecule has 150 valence electrons. The van der Waals surface area contributed by atoms with Crippen LogP contribution in [0, 0.1) is 11.3 Å². The van der Waals surface area contributed by atoms with Gasteiger partial charge in [0.2, 0.25) is 0 Å². The summed E-state index contributed by atoms with van der Waals surface area (Å²) in [5.74, 6) is 0.0978. The highest BCUT2D eigenvalue weighted by molar-refractivity contribution is 6.04. The third-order valence-electron chi connectivity index (χ3n) is 4.11. The minimum Gasteiger partial charge on any atom is -0.494 e. The molecule has 0 aliphatic heterocycles. The van der Waals surface area contributed by atoms with Gasteiger partial charge in [0.1, 0.15) is 5.75 Å². The van der Waals surface area contributed by atoms with Crippen molar-refractivity contribution in [3.8, 4) is 11.8 Å². The number of nitrogens with zero attached hydrogens (tertiary/aromatic N) is 1. The van der Waals surface area contributed by atoms with Crippen LogP contribution in [0.3, 0.4) is 0 Å². The standard InChI is InChI=1S/C23H24N2O4/c1-2-22(26)29-16-6-4-3-5-15-28-21-13-9-19(10-14-21)23(27)25-20-11-7-18(17-24)8-12-20/h2,7-14H,1,3-6,15-16H2,(H,25,27). The van der Waals surface area contributed by atoms with E-state index in [2.05, 4.69) is 11.9 Å². The summed E-state index contributed by atoms with van der Waals surface area (Å²) in [6.07, 6.45) is 4.83. The molecule has 2 rings (SSSR count). The summed E-state index contributed by atoms with van der Waals surface area (Å²) < 4.78 is 10.6. The molecule has 0 saturated carbocycles. The number of benzene rings is 2. The van der Waals surface area contributed by atoms with E-state index in [-0.39, 0.29) is 11.9 Å². The Hall–Kier alpha value is -3.59. The molecule has 0 fully saturated rings. The van der Waals surface area contributed by atoms with E-state index in [0.29, 0.717) is 35.8 Å². The highest BCUT2D eigenvalue weighted by Gasteiger charge is 2.06. The first kappa shape index (κ1) is 21.7. The Labute approximate surface area is 170 Å². The van der Waals surface area contributed by atoms with E-state index in [4.69, 9.17) is 14.7 Å². The molecule has 0 atom stereocenters. The van der Waals surface area contributed by atoms with Gasteiger partial charge in [-0.3, -0.25) is 4.79 Å². The molecule has 0 unspecified atom stereocenters. The Morgan fingerprint density at radius 2 is 1.62 bits per heavy atom. The fourth-order valence-corrected chi connectivity index (χ4v) is 2.51. The van der Waals surface area contributed by atoms with Crippen LogP contribution in [0.4, 0.5) is 5.69 Å². The van der Waals surface area contributed by atoms with Crippen LogP contribution in [-0.2, 0) is 9.53 Å². The molecular weight excluding hydrogens is 368 g/mol. The Bertz CT molecular complexity index is 852. The van der Waals surface area contributed by atoms with Crippen LogP contribution in [-0.4, -0.2) is 25.1 Å². The topological polar surface area (TPSA) is 88.4 Å². The number of rotatable bonds is 11. The number of amides is 1. The Morgan fingerprint density at radius 3 is 2.24 bits per heavy atom. The predicted octanol–water partition coefficient (Wildman–Crippen LogP) is 4.48. The van der Waals surface area contributed by atoms with Crippen molar-refractivity contribution in [1.29, 1.82) is 5.26 Å². The second-order valence-electron chi connectivity index (χ2n) is 6.30. The number of ether oxygens (including phenoxy) is 2. The van der Waals surface area contributed by atoms with Gasteiger partial charge in [0.25, 0.3) is 5.91 Å². The minimum atomic E-state index is -0.387. The SMILES string of the molecule is C=CC(=O)OCCCCCCOc1ccc(C(=O)Nc2ccc(C#N)cc2)cc1. The molecule has 0 radical (unpaired) electrons. The van der Waals surface area contributed by atoms with Crippen molar-refractivity contribution in [2.24, 2.45) is 0 Å². The zero-order valence-corrected chi connectivity index (χ0v) is 16.2. The van der Waals surface area contributed by atoms with Crippen LogP contribution < -0.4 is 10.1 Å². The van der Waals surface area contributed by atoms with Crippen molar-refractivity contribution in [2.45, 2.75) is 25.7 Å². The van der Waals surface area contributed by atoms with Gasteiger partial charge in [0.05, 0.1) is 24.8 Å². The van der Waals surface area contributed by atoms with Crippen LogP contribution in [0.25, 0.3) is 0 Å². The molecule has 6 heteroatoms. The van der Waals surface area contributed by atoms with E-state index in [1.807, 2.05) is 6.07 Å². The van der Waals surface area contributed by atoms with Gasteiger partial charge < -0.3 is 14.8 Å². The molecule has 1 N–H and O–H groups in total. The van der Waals surface area contributed by atoms with Crippen LogP contribution in [0.5, 0.6) is 5.75 Å². The summed E-state index contributed by atoms with van der Waals surface area (Å²) in [7, 11) is 0. The molecule has 0 bridgehead atoms. The quantitative estimate of drug-likeness (QED) is 0.346. The summed E-state index contributed by atoms with van der Waals surface area (Å²) in [5.41, 5.74) is 1.70. The Balaban J connectivity index is 1.66. The summed E-state index contributed by atoms with van der Waals surface area (Å²) in [6.45, 7) is 4.35. The second-order valence-corrected chi connectivity index (χ2v) is 6.30. The maximum absolute atomic E-state index is 12.3. The number of nitrogens with one attached hydrogen (secondary N) is 1. The number of carbonyl (C=O) groups excluding carboxylic acids is 2. The van der Waals surface area contributed by atoms with Gasteiger partial charge in [-0.2, -0.15) is 5.26 Å². The average Bonchev–Trinajstić information content (AvgIpc) is 2.76. The molecule has 0 aromatic heterocycles. The van der Waals surface area contributed by atoms with Gasteiger partial charge in [-0.1, -0.05) is 6.58 Å². The van der Waals surface area contributed by atoms with E-state index >= 15 is 0 Å². The molecule has 0 aliphatic carbocycles. The van der Waals surface area contributed by atoms with Gasteiger partial charge in [0.15, 0.2) is 0 Å². The van der Waals surface area contributed by atoms with Crippen molar-refractivity contribution in [3.63, 3.8) is 0 Å². The zero-order valence-electron chi connectivity index (χ0n) is 16.2. The molecule has 0 aliphatic rings. The first-order valence-electron chi connectivity index (χ1n) is 9.46. The lowest BCUT2D eigenvalue weighted by molar-refractivity contribution is -0.137. The zero-order chi connectivity index (χ0) is 20.9. The molecule has 29 heavy (non-hydrogen) atoms. The fraction of sp³-hybridized carbons (Fsp3) is 0.261. The van der Waals surface area contributed by atoms with E-state index in [1.54, 1.807) is 48.5 Å². The fourth-order valence-electron chi connectivity index (χ4n) is 2.51. The predicted molar refractivity (Wildman–Crippen MR) is 111 cm³/mol. The van der Waals surface area contributed by atoms with Gasteiger partial charge in [-0.25, -0.2) is 4.79 Å². The highest BCUT2D eigenvalue weighted by Crippen LogP contribution is 2.15. The summed E-state index contributed by atoms with van der Waals surface area (Å²) in [6, 6.07) is 15.7. The largest absolute Gasteiger partial charge is 0.494 e. The molecular formula is C23H24N2O4. The van der Waals surface area contributed by atoms with Gasteiger partial charge in [-0.15, -0.1) is 0 Å². The maximum Gasteiger partial charge on any atom is 0.330 e. The van der Waals surface area contributed by atoms with Crippen molar-refractivity contribution < 1.29 is 19.1 Å². The Kier molecular flexibility index (Phi) is 8.97. The number of hydrogen-bond acceptors (Lipinski definition) is 5. The van der Waals surface area contributed by atoms with Crippen LogP contribution in [0.15, 0.2) is 61.2 Å². The normalized spacial score (nSPS) is 9.90. The lowest BCUT2D eigenvalue weighted by Crippen LogP contribution is -2.11. The smallest absolute Gasteiger partial charge is 0.330 e. The number of anilines is 1. The average molecular weight is 392 g/mol. The first-order chi connectivity index (χ1) is 14.1. The van der Waals surface area contributed by atoms with Crippen molar-refractivity contribution >= 4 is 17.6 Å². The van der Waals surface area contributed by atoms with E-state index in [0.717, 1.165) is 31.8 Å². The second kappa shape index (κ2) is 12.0. The van der Waals surface area contributed by atoms with Crippen molar-refractivity contribution in [1.82, 2.24) is 0 Å². The third-order valence-corrected chi connectivity index (χ3v) is 4.11. The van der Waals surface area contributed by atoms with Crippen LogP contribution >= 0.6 is 0 Å². The first-order valence-corrected chi connectivity index (χ1v) is 9.46. The number of hydrogen-bond donors (Lipinski definition) is 1. The van der Waals surface area contributed by atoms with Crippen LogP contribution in [0.2, 0.25) is 0 Å². The molecule has 0 saturated heterocycles. The molecule has 6 nitrogen and oxygen atoms in total. The third kappa shape index (κ3) is 7.89. The molecule has 2 aromatic carbocycles. The van der Waals surface area contributed by atoms with Gasteiger partial charge >= 0.3 is 5.97 Å². The van der Waals surface area contributed by atoms with E-state index in [1.165, 1.54) is 0 Å². The Morgan fingerprint density at radius 1 is 0.966 bits per heavy atom. The molecule has 1 amide bonds. The lowest BCUT2D eigenvalue weighted by atomic mass is 10.2. The molecule has 2 aromatic rings. The monoisotopic (exact) mass is 392 g/mol. The van der Waals surface area contributed by atoms with Crippen LogP contribution in [0.1, 0.15) is 41.6 Å². The maximum atomic E-state index is 12.3. The minimum absolute atomic E-state index is 0.224. The summed E-state index contributed by atoms with van der Waals surface area (Å²) in [5, 5.41) is 11.6. The summed E-state index contributed by atoms with van der Waals surface area (Å²) in [4.78, 5) is 23.2. The van der Waals surface area contributed by atoms with Gasteiger partial charge in [0, 0.05) is 17.3 Å². The summed E-state index contributed by atoms with van der Waals surface area (Å²) >= 11 is 0. The highest BCUT2D eigenvalue weighted by atomic mass is 16.5. The molecule has 0 heterocycles. The number of unbranched alkanes of at least 4 members (excludes halogenated alkanes) is 3. The number of esters is 1. The number of carbonyl (C=O) groups is 2. The van der Waals surface area contributed by atoms with Crippen molar-refractivity contribution in [2.75, 3.05) is 18.5 Å². The van der Waals surface area contributed by atoms with Gasteiger partial charge in [-0.05, 0) is 74.2 Å².